The van der Waals surface area contributed by atoms with Gasteiger partial charge in [0, 0.05) is 35.8 Å². The van der Waals surface area contributed by atoms with Crippen molar-refractivity contribution in [3.8, 4) is 23.0 Å². The van der Waals surface area contributed by atoms with Gasteiger partial charge in [0.15, 0.2) is 11.5 Å². The van der Waals surface area contributed by atoms with E-state index in [1.54, 1.807) is 0 Å². The van der Waals surface area contributed by atoms with Crippen LogP contribution in [0.3, 0.4) is 0 Å². The third kappa shape index (κ3) is 6.58. The summed E-state index contributed by atoms with van der Waals surface area (Å²) in [6.07, 6.45) is 2.10. The summed E-state index contributed by atoms with van der Waals surface area (Å²) in [6.45, 7) is 0.801. The minimum Gasteiger partial charge on any atom is -0.494 e. The first kappa shape index (κ1) is 31.5. The fourth-order valence-electron chi connectivity index (χ4n) is 5.27. The molecule has 1 atom stereocenters. The van der Waals surface area contributed by atoms with E-state index >= 15 is 0 Å². The number of nitrogens with one attached hydrogen (secondary N) is 2. The number of aromatic nitrogens is 5. The van der Waals surface area contributed by atoms with Gasteiger partial charge in [-0.2, -0.15) is 18.3 Å². The lowest BCUT2D eigenvalue weighted by molar-refractivity contribution is -0.138. The minimum absolute atomic E-state index is 0.00875. The molecular formula is C31H28F4N8O4. The summed E-state index contributed by atoms with van der Waals surface area (Å²) in [5, 5.41) is 9.66. The molecule has 12 nitrogen and oxygen atoms in total. The molecule has 4 heterocycles. The van der Waals surface area contributed by atoms with Crippen molar-refractivity contribution in [2.75, 3.05) is 38.4 Å². The van der Waals surface area contributed by atoms with Crippen molar-refractivity contribution >= 4 is 39.6 Å². The second kappa shape index (κ2) is 12.7. The van der Waals surface area contributed by atoms with Gasteiger partial charge in [0.25, 0.3) is 5.91 Å². The number of pyridine rings is 1. The maximum absolute atomic E-state index is 14.9. The van der Waals surface area contributed by atoms with Crippen LogP contribution < -0.4 is 24.8 Å². The number of likely N-dealkylation sites (N-methyl/N-ethyl adjacent to an activating group) is 1. The van der Waals surface area contributed by atoms with Crippen LogP contribution in [0.25, 0.3) is 16.6 Å². The maximum atomic E-state index is 14.9. The molecule has 1 amide bonds. The van der Waals surface area contributed by atoms with Crippen LogP contribution in [0.4, 0.5) is 34.8 Å². The second-order valence-electron chi connectivity index (χ2n) is 10.6. The van der Waals surface area contributed by atoms with Crippen LogP contribution in [0.15, 0.2) is 67.2 Å². The lowest BCUT2D eigenvalue weighted by Crippen LogP contribution is -2.24. The van der Waals surface area contributed by atoms with Gasteiger partial charge in [0.2, 0.25) is 0 Å². The molecule has 0 radical (unpaired) electrons. The molecular weight excluding hydrogens is 624 g/mol. The van der Waals surface area contributed by atoms with E-state index in [0.29, 0.717) is 16.6 Å². The summed E-state index contributed by atoms with van der Waals surface area (Å²) >= 11 is 0. The number of ether oxygens (including phenoxy) is 3. The molecule has 0 spiro atoms. The number of carbonyl (C=O) groups is 1. The van der Waals surface area contributed by atoms with Gasteiger partial charge < -0.3 is 24.8 Å². The number of nitrogens with zero attached hydrogens (tertiary/aromatic N) is 6. The van der Waals surface area contributed by atoms with Crippen LogP contribution in [-0.4, -0.2) is 69.2 Å². The van der Waals surface area contributed by atoms with Gasteiger partial charge in [0.1, 0.15) is 47.0 Å². The summed E-state index contributed by atoms with van der Waals surface area (Å²) < 4.78 is 75.8. The molecule has 1 fully saturated rings. The molecule has 0 aliphatic carbocycles. The van der Waals surface area contributed by atoms with Crippen molar-refractivity contribution in [3.05, 3.63) is 72.7 Å². The summed E-state index contributed by atoms with van der Waals surface area (Å²) in [5.74, 6) is -2.07. The molecule has 0 bridgehead atoms. The SMILES string of the molecule is COc1cc2ncnc(Nc3cc(C(F)(F)F)c(Oc4ccn5ncnc5c4)cc3OC)c2cc1NC(=O)/C(F)=C\C1CCCN1C. The van der Waals surface area contributed by atoms with Crippen molar-refractivity contribution in [2.45, 2.75) is 25.1 Å². The van der Waals surface area contributed by atoms with Gasteiger partial charge >= 0.3 is 6.18 Å². The van der Waals surface area contributed by atoms with Gasteiger partial charge in [0.05, 0.1) is 31.1 Å². The average Bonchev–Trinajstić information content (AvgIpc) is 3.68. The third-order valence-corrected chi connectivity index (χ3v) is 7.68. The Morgan fingerprint density at radius 3 is 2.51 bits per heavy atom. The molecule has 2 aromatic carbocycles. The predicted octanol–water partition coefficient (Wildman–Crippen LogP) is 6.13. The number of likely N-dealkylation sites (tertiary alicyclic amines) is 1. The highest BCUT2D eigenvalue weighted by molar-refractivity contribution is 6.05. The Labute approximate surface area is 265 Å². The topological polar surface area (TPSA) is 128 Å². The van der Waals surface area contributed by atoms with Crippen LogP contribution in [0.1, 0.15) is 18.4 Å². The van der Waals surface area contributed by atoms with Crippen LogP contribution in [0.5, 0.6) is 23.0 Å². The fraction of sp³-hybridized carbons (Fsp3) is 0.258. The number of fused-ring (bicyclic) bond motifs is 2. The third-order valence-electron chi connectivity index (χ3n) is 7.68. The molecule has 1 saturated heterocycles. The normalized spacial score (nSPS) is 15.6. The zero-order chi connectivity index (χ0) is 33.3. The Kier molecular flexibility index (Phi) is 8.51. The van der Waals surface area contributed by atoms with Gasteiger partial charge in [-0.1, -0.05) is 0 Å². The second-order valence-corrected chi connectivity index (χ2v) is 10.6. The van der Waals surface area contributed by atoms with E-state index in [9.17, 15) is 22.4 Å². The Hall–Kier alpha value is -5.51. The predicted molar refractivity (Wildman–Crippen MR) is 164 cm³/mol. The molecule has 1 aliphatic rings. The Balaban J connectivity index is 1.34. The highest BCUT2D eigenvalue weighted by atomic mass is 19.4. The molecule has 47 heavy (non-hydrogen) atoms. The first-order chi connectivity index (χ1) is 22.5. The van der Waals surface area contributed by atoms with Gasteiger partial charge in [-0.15, -0.1) is 0 Å². The number of carbonyl (C=O) groups excluding carboxylic acids is 1. The Morgan fingerprint density at radius 1 is 1.00 bits per heavy atom. The van der Waals surface area contributed by atoms with Crippen LogP contribution in [0, 0.1) is 0 Å². The van der Waals surface area contributed by atoms with E-state index in [1.165, 1.54) is 67.9 Å². The Bertz CT molecular complexity index is 2000. The molecule has 5 aromatic rings. The summed E-state index contributed by atoms with van der Waals surface area (Å²) in [4.78, 5) is 27.2. The molecule has 3 aromatic heterocycles. The summed E-state index contributed by atoms with van der Waals surface area (Å²) in [6, 6.07) is 7.57. The molecule has 1 unspecified atom stereocenters. The van der Waals surface area contributed by atoms with Crippen molar-refractivity contribution in [3.63, 3.8) is 0 Å². The van der Waals surface area contributed by atoms with Crippen LogP contribution >= 0.6 is 0 Å². The first-order valence-corrected chi connectivity index (χ1v) is 14.3. The zero-order valence-corrected chi connectivity index (χ0v) is 25.3. The van der Waals surface area contributed by atoms with Crippen molar-refractivity contribution in [1.29, 1.82) is 0 Å². The molecule has 16 heteroatoms. The van der Waals surface area contributed by atoms with Crippen molar-refractivity contribution < 1.29 is 36.6 Å². The highest BCUT2D eigenvalue weighted by Crippen LogP contribution is 2.45. The molecule has 6 rings (SSSR count). The van der Waals surface area contributed by atoms with Gasteiger partial charge in [-0.3, -0.25) is 9.69 Å². The maximum Gasteiger partial charge on any atom is 0.420 e. The molecule has 2 N–H and O–H groups in total. The van der Waals surface area contributed by atoms with E-state index in [4.69, 9.17) is 14.2 Å². The van der Waals surface area contributed by atoms with E-state index in [0.717, 1.165) is 31.5 Å². The van der Waals surface area contributed by atoms with Crippen LogP contribution in [-0.2, 0) is 11.0 Å². The molecule has 0 saturated carbocycles. The molecule has 1 aliphatic heterocycles. The standard InChI is InChI=1S/C31H28F4N8O4/c1-42-7-4-5-17(42)9-21(32)30(44)41-23-11-19-22(13-26(23)45-2)36-15-38-29(19)40-24-12-20(31(33,34)35)25(14-27(24)46-3)47-18-6-8-43-28(10-18)37-16-39-43/h6,8-17H,4-5,7H2,1-3H3,(H,41,44)(H,36,38,40)/b21-9+. The van der Waals surface area contributed by atoms with Crippen LogP contribution in [0.2, 0.25) is 0 Å². The molecule has 244 valence electrons. The van der Waals surface area contributed by atoms with E-state index in [2.05, 4.69) is 30.7 Å². The number of alkyl halides is 3. The number of methoxy groups -OCH3 is 2. The smallest absolute Gasteiger partial charge is 0.420 e. The lowest BCUT2D eigenvalue weighted by Gasteiger charge is -2.19. The van der Waals surface area contributed by atoms with Crippen molar-refractivity contribution in [2.24, 2.45) is 0 Å². The average molecular weight is 653 g/mol. The van der Waals surface area contributed by atoms with E-state index in [1.807, 2.05) is 11.9 Å². The minimum atomic E-state index is -4.82. The fourth-order valence-corrected chi connectivity index (χ4v) is 5.27. The number of hydrogen-bond donors (Lipinski definition) is 2. The number of amides is 1. The number of anilines is 3. The highest BCUT2D eigenvalue weighted by Gasteiger charge is 2.36. The monoisotopic (exact) mass is 652 g/mol. The Morgan fingerprint density at radius 2 is 1.79 bits per heavy atom. The van der Waals surface area contributed by atoms with Gasteiger partial charge in [-0.05, 0) is 50.7 Å². The summed E-state index contributed by atoms with van der Waals surface area (Å²) in [5.41, 5.74) is -0.368. The van der Waals surface area contributed by atoms with E-state index < -0.39 is 29.2 Å². The quantitative estimate of drug-likeness (QED) is 0.142. The number of hydrogen-bond acceptors (Lipinski definition) is 10. The largest absolute Gasteiger partial charge is 0.494 e. The zero-order valence-electron chi connectivity index (χ0n) is 25.3. The summed E-state index contributed by atoms with van der Waals surface area (Å²) in [7, 11) is 4.52. The first-order valence-electron chi connectivity index (χ1n) is 14.3. The lowest BCUT2D eigenvalue weighted by atomic mass is 10.1. The number of halogens is 4. The van der Waals surface area contributed by atoms with Crippen molar-refractivity contribution in [1.82, 2.24) is 29.5 Å². The van der Waals surface area contributed by atoms with E-state index in [-0.39, 0.29) is 40.5 Å². The van der Waals surface area contributed by atoms with Gasteiger partial charge in [-0.25, -0.2) is 23.9 Å². The number of benzene rings is 2. The number of rotatable bonds is 9.